The zero-order valence-corrected chi connectivity index (χ0v) is 12.1. The van der Waals surface area contributed by atoms with Crippen LogP contribution in [0.25, 0.3) is 0 Å². The molecule has 0 radical (unpaired) electrons. The highest BCUT2D eigenvalue weighted by atomic mass is 16.5. The van der Waals surface area contributed by atoms with Crippen LogP contribution in [0.5, 0.6) is 6.01 Å². The number of aromatic nitrogens is 3. The molecule has 0 amide bonds. The van der Waals surface area contributed by atoms with Crippen LogP contribution in [0.15, 0.2) is 0 Å². The standard InChI is InChI=1S/C13H23N5O2/c1-3-7-14-10-16-11(18-12(17-10)20-2)15-9-13(4-5-13)6-8-19/h19H,3-9H2,1-2H3,(H2,14,15,16,17,18). The summed E-state index contributed by atoms with van der Waals surface area (Å²) in [6, 6.07) is 0.299. The molecule has 1 aliphatic rings. The van der Waals surface area contributed by atoms with Crippen molar-refractivity contribution in [3.8, 4) is 6.01 Å². The van der Waals surface area contributed by atoms with E-state index < -0.39 is 0 Å². The third-order valence-electron chi connectivity index (χ3n) is 3.55. The average molecular weight is 281 g/mol. The van der Waals surface area contributed by atoms with Gasteiger partial charge < -0.3 is 20.5 Å². The molecule has 1 heterocycles. The Morgan fingerprint density at radius 1 is 1.20 bits per heavy atom. The Bertz CT molecular complexity index is 437. The molecule has 0 saturated heterocycles. The molecule has 1 aromatic heterocycles. The zero-order valence-electron chi connectivity index (χ0n) is 12.1. The van der Waals surface area contributed by atoms with Crippen molar-refractivity contribution in [2.75, 3.05) is 37.4 Å². The number of aliphatic hydroxyl groups is 1. The number of methoxy groups -OCH3 is 1. The summed E-state index contributed by atoms with van der Waals surface area (Å²) in [5.41, 5.74) is 0.214. The summed E-state index contributed by atoms with van der Waals surface area (Å²) in [4.78, 5) is 12.7. The highest BCUT2D eigenvalue weighted by molar-refractivity contribution is 5.36. The van der Waals surface area contributed by atoms with Crippen molar-refractivity contribution in [3.63, 3.8) is 0 Å². The smallest absolute Gasteiger partial charge is 0.322 e. The predicted molar refractivity (Wildman–Crippen MR) is 77.0 cm³/mol. The molecule has 0 spiro atoms. The van der Waals surface area contributed by atoms with Crippen LogP contribution >= 0.6 is 0 Å². The van der Waals surface area contributed by atoms with Gasteiger partial charge in [0.25, 0.3) is 0 Å². The van der Waals surface area contributed by atoms with E-state index in [1.165, 1.54) is 7.11 Å². The van der Waals surface area contributed by atoms with E-state index in [9.17, 15) is 0 Å². The molecule has 0 aliphatic heterocycles. The fourth-order valence-corrected chi connectivity index (χ4v) is 2.04. The quantitative estimate of drug-likeness (QED) is 0.628. The molecule has 0 aromatic carbocycles. The van der Waals surface area contributed by atoms with E-state index in [4.69, 9.17) is 9.84 Å². The first-order valence-electron chi connectivity index (χ1n) is 7.10. The Hall–Kier alpha value is -1.63. The zero-order chi connectivity index (χ0) is 14.4. The van der Waals surface area contributed by atoms with Gasteiger partial charge >= 0.3 is 6.01 Å². The lowest BCUT2D eigenvalue weighted by atomic mass is 10.0. The normalized spacial score (nSPS) is 15.8. The van der Waals surface area contributed by atoms with Crippen LogP contribution in [0.4, 0.5) is 11.9 Å². The molecular formula is C13H23N5O2. The lowest BCUT2D eigenvalue weighted by molar-refractivity contribution is 0.253. The van der Waals surface area contributed by atoms with E-state index in [0.717, 1.165) is 38.8 Å². The van der Waals surface area contributed by atoms with Crippen molar-refractivity contribution in [3.05, 3.63) is 0 Å². The first-order valence-corrected chi connectivity index (χ1v) is 7.10. The van der Waals surface area contributed by atoms with Crippen molar-refractivity contribution >= 4 is 11.9 Å². The predicted octanol–water partition coefficient (Wildman–Crippen LogP) is 1.28. The number of aliphatic hydroxyl groups excluding tert-OH is 1. The minimum absolute atomic E-state index is 0.214. The highest BCUT2D eigenvalue weighted by Gasteiger charge is 2.41. The number of hydrogen-bond donors (Lipinski definition) is 3. The van der Waals surface area contributed by atoms with Gasteiger partial charge in [0.1, 0.15) is 0 Å². The van der Waals surface area contributed by atoms with Crippen molar-refractivity contribution in [2.24, 2.45) is 5.41 Å². The van der Waals surface area contributed by atoms with E-state index in [0.29, 0.717) is 17.9 Å². The van der Waals surface area contributed by atoms with Crippen molar-refractivity contribution < 1.29 is 9.84 Å². The average Bonchev–Trinajstić information content (AvgIpc) is 3.23. The number of nitrogens with one attached hydrogen (secondary N) is 2. The monoisotopic (exact) mass is 281 g/mol. The maximum atomic E-state index is 9.06. The fourth-order valence-electron chi connectivity index (χ4n) is 2.04. The van der Waals surface area contributed by atoms with E-state index in [1.807, 2.05) is 0 Å². The topological polar surface area (TPSA) is 92.2 Å². The minimum atomic E-state index is 0.214. The maximum Gasteiger partial charge on any atom is 0.322 e. The van der Waals surface area contributed by atoms with Gasteiger partial charge in [-0.3, -0.25) is 0 Å². The van der Waals surface area contributed by atoms with Gasteiger partial charge in [0, 0.05) is 19.7 Å². The molecule has 1 fully saturated rings. The second-order valence-electron chi connectivity index (χ2n) is 5.22. The van der Waals surface area contributed by atoms with Gasteiger partial charge in [0.05, 0.1) is 7.11 Å². The molecule has 7 nitrogen and oxygen atoms in total. The van der Waals surface area contributed by atoms with Gasteiger partial charge in [0.15, 0.2) is 0 Å². The van der Waals surface area contributed by atoms with Gasteiger partial charge in [-0.2, -0.15) is 15.0 Å². The summed E-state index contributed by atoms with van der Waals surface area (Å²) >= 11 is 0. The van der Waals surface area contributed by atoms with Crippen molar-refractivity contribution in [1.29, 1.82) is 0 Å². The third-order valence-corrected chi connectivity index (χ3v) is 3.55. The molecule has 1 aromatic rings. The number of anilines is 2. The van der Waals surface area contributed by atoms with Gasteiger partial charge in [0.2, 0.25) is 11.9 Å². The van der Waals surface area contributed by atoms with E-state index in [1.54, 1.807) is 0 Å². The largest absolute Gasteiger partial charge is 0.467 e. The number of nitrogens with zero attached hydrogens (tertiary/aromatic N) is 3. The highest BCUT2D eigenvalue weighted by Crippen LogP contribution is 2.48. The van der Waals surface area contributed by atoms with Crippen molar-refractivity contribution in [2.45, 2.75) is 32.6 Å². The molecule has 2 rings (SSSR count). The van der Waals surface area contributed by atoms with E-state index in [-0.39, 0.29) is 12.0 Å². The fraction of sp³-hybridized carbons (Fsp3) is 0.769. The lowest BCUT2D eigenvalue weighted by Gasteiger charge is -2.15. The van der Waals surface area contributed by atoms with Crippen LogP contribution in [0.1, 0.15) is 32.6 Å². The molecule has 1 aliphatic carbocycles. The summed E-state index contributed by atoms with van der Waals surface area (Å²) in [5, 5.41) is 15.4. The molecule has 112 valence electrons. The SMILES string of the molecule is CCCNc1nc(NCC2(CCO)CC2)nc(OC)n1. The molecular weight excluding hydrogens is 258 g/mol. The molecule has 0 bridgehead atoms. The number of rotatable bonds is 9. The first-order chi connectivity index (χ1) is 9.71. The first kappa shape index (κ1) is 14.8. The number of ether oxygens (including phenoxy) is 1. The lowest BCUT2D eigenvalue weighted by Crippen LogP contribution is -2.19. The van der Waals surface area contributed by atoms with Crippen LogP contribution in [0, 0.1) is 5.41 Å². The summed E-state index contributed by atoms with van der Waals surface area (Å²) < 4.78 is 5.09. The molecule has 0 unspecified atom stereocenters. The van der Waals surface area contributed by atoms with Crippen LogP contribution in [0.2, 0.25) is 0 Å². The van der Waals surface area contributed by atoms with Crippen LogP contribution in [-0.4, -0.2) is 46.9 Å². The Labute approximate surface area is 119 Å². The van der Waals surface area contributed by atoms with Crippen molar-refractivity contribution in [1.82, 2.24) is 15.0 Å². The second-order valence-corrected chi connectivity index (χ2v) is 5.22. The Kier molecular flexibility index (Phi) is 4.94. The third kappa shape index (κ3) is 3.93. The summed E-state index contributed by atoms with van der Waals surface area (Å²) in [5.74, 6) is 1.04. The molecule has 20 heavy (non-hydrogen) atoms. The Morgan fingerprint density at radius 2 is 1.90 bits per heavy atom. The summed E-state index contributed by atoms with van der Waals surface area (Å²) in [7, 11) is 1.54. The molecule has 0 atom stereocenters. The Balaban J connectivity index is 1.99. The molecule has 3 N–H and O–H groups in total. The minimum Gasteiger partial charge on any atom is -0.467 e. The molecule has 1 saturated carbocycles. The molecule has 7 heteroatoms. The van der Waals surface area contributed by atoms with Gasteiger partial charge in [-0.15, -0.1) is 0 Å². The van der Waals surface area contributed by atoms with Crippen LogP contribution in [-0.2, 0) is 0 Å². The Morgan fingerprint density at radius 3 is 2.45 bits per heavy atom. The van der Waals surface area contributed by atoms with E-state index >= 15 is 0 Å². The van der Waals surface area contributed by atoms with Crippen LogP contribution in [0.3, 0.4) is 0 Å². The maximum absolute atomic E-state index is 9.06. The summed E-state index contributed by atoms with van der Waals surface area (Å²) in [6.45, 7) is 3.89. The van der Waals surface area contributed by atoms with Gasteiger partial charge in [-0.05, 0) is 31.1 Å². The van der Waals surface area contributed by atoms with Crippen LogP contribution < -0.4 is 15.4 Å². The summed E-state index contributed by atoms with van der Waals surface area (Å²) in [6.07, 6.45) is 4.10. The number of hydrogen-bond acceptors (Lipinski definition) is 7. The van der Waals surface area contributed by atoms with Gasteiger partial charge in [-0.25, -0.2) is 0 Å². The van der Waals surface area contributed by atoms with E-state index in [2.05, 4.69) is 32.5 Å². The van der Waals surface area contributed by atoms with Gasteiger partial charge in [-0.1, -0.05) is 6.92 Å². The second kappa shape index (κ2) is 6.69.